The van der Waals surface area contributed by atoms with Crippen molar-refractivity contribution in [2.75, 3.05) is 5.32 Å². The van der Waals surface area contributed by atoms with E-state index in [0.29, 0.717) is 0 Å². The summed E-state index contributed by atoms with van der Waals surface area (Å²) in [5.74, 6) is -0.0239. The maximum atomic E-state index is 12.4. The predicted molar refractivity (Wildman–Crippen MR) is 96.0 cm³/mol. The molecule has 1 aromatic heterocycles. The number of H-pyrrole nitrogens is 1. The van der Waals surface area contributed by atoms with Gasteiger partial charge in [-0.3, -0.25) is 4.79 Å². The molecule has 1 unspecified atom stereocenters. The highest BCUT2D eigenvalue weighted by molar-refractivity contribution is 8.00. The highest BCUT2D eigenvalue weighted by Gasteiger charge is 2.17. The normalized spacial score (nSPS) is 12.3. The van der Waals surface area contributed by atoms with Gasteiger partial charge in [-0.25, -0.2) is 4.98 Å². The lowest BCUT2D eigenvalue weighted by Gasteiger charge is -2.13. The zero-order valence-electron chi connectivity index (χ0n) is 13.4. The molecule has 0 aliphatic rings. The Hall–Kier alpha value is -2.27. The predicted octanol–water partition coefficient (Wildman–Crippen LogP) is 4.30. The van der Waals surface area contributed by atoms with Gasteiger partial charge in [-0.15, -0.1) is 0 Å². The Kier molecular flexibility index (Phi) is 4.39. The summed E-state index contributed by atoms with van der Waals surface area (Å²) < 4.78 is 0. The number of aryl methyl sites for hydroxylation is 2. The number of rotatable bonds is 4. The van der Waals surface area contributed by atoms with Crippen molar-refractivity contribution in [3.05, 3.63) is 53.6 Å². The number of amides is 1. The van der Waals surface area contributed by atoms with Crippen LogP contribution in [0.25, 0.3) is 11.0 Å². The van der Waals surface area contributed by atoms with Crippen LogP contribution in [-0.4, -0.2) is 21.1 Å². The van der Waals surface area contributed by atoms with Crippen LogP contribution >= 0.6 is 11.8 Å². The Morgan fingerprint density at radius 1 is 1.22 bits per heavy atom. The summed E-state index contributed by atoms with van der Waals surface area (Å²) in [4.78, 5) is 20.2. The molecule has 0 radical (unpaired) electrons. The summed E-state index contributed by atoms with van der Waals surface area (Å²) in [7, 11) is 0. The number of imidazole rings is 1. The van der Waals surface area contributed by atoms with Crippen LogP contribution in [0.4, 0.5) is 5.69 Å². The molecule has 1 atom stereocenters. The minimum absolute atomic E-state index is 0.0239. The molecule has 0 aliphatic carbocycles. The fourth-order valence-corrected chi connectivity index (χ4v) is 3.13. The fourth-order valence-electron chi connectivity index (χ4n) is 2.31. The van der Waals surface area contributed by atoms with Crippen molar-refractivity contribution in [3.8, 4) is 0 Å². The third kappa shape index (κ3) is 3.56. The quantitative estimate of drug-likeness (QED) is 0.703. The first-order valence-corrected chi connectivity index (χ1v) is 8.40. The molecule has 23 heavy (non-hydrogen) atoms. The van der Waals surface area contributed by atoms with Gasteiger partial charge >= 0.3 is 0 Å². The van der Waals surface area contributed by atoms with Crippen LogP contribution in [0.5, 0.6) is 0 Å². The first-order valence-electron chi connectivity index (χ1n) is 7.52. The van der Waals surface area contributed by atoms with Crippen molar-refractivity contribution in [1.29, 1.82) is 0 Å². The van der Waals surface area contributed by atoms with Crippen molar-refractivity contribution in [1.82, 2.24) is 9.97 Å². The van der Waals surface area contributed by atoms with Gasteiger partial charge in [0, 0.05) is 5.69 Å². The number of hydrogen-bond donors (Lipinski definition) is 2. The molecular weight excluding hydrogens is 306 g/mol. The number of aromatic nitrogens is 2. The lowest BCUT2D eigenvalue weighted by atomic mass is 10.1. The Balaban J connectivity index is 1.71. The number of para-hydroxylation sites is 2. The van der Waals surface area contributed by atoms with Crippen LogP contribution in [0.2, 0.25) is 0 Å². The van der Waals surface area contributed by atoms with Gasteiger partial charge < -0.3 is 10.3 Å². The largest absolute Gasteiger partial charge is 0.333 e. The van der Waals surface area contributed by atoms with Crippen LogP contribution in [-0.2, 0) is 4.79 Å². The standard InChI is InChI=1S/C18H19N3OS/c1-11-8-9-12(2)16(10-11)19-17(22)13(3)23-18-20-14-6-4-5-7-15(14)21-18/h4-10,13H,1-3H3,(H,19,22)(H,20,21). The van der Waals surface area contributed by atoms with Crippen molar-refractivity contribution < 1.29 is 4.79 Å². The highest BCUT2D eigenvalue weighted by atomic mass is 32.2. The monoisotopic (exact) mass is 325 g/mol. The molecule has 0 spiro atoms. The van der Waals surface area contributed by atoms with Crippen molar-refractivity contribution in [2.45, 2.75) is 31.2 Å². The Bertz CT molecular complexity index is 823. The van der Waals surface area contributed by atoms with Gasteiger partial charge in [0.15, 0.2) is 5.16 Å². The van der Waals surface area contributed by atoms with E-state index in [-0.39, 0.29) is 11.2 Å². The average molecular weight is 325 g/mol. The van der Waals surface area contributed by atoms with E-state index in [1.807, 2.05) is 63.2 Å². The lowest BCUT2D eigenvalue weighted by molar-refractivity contribution is -0.115. The van der Waals surface area contributed by atoms with Gasteiger partial charge in [0.2, 0.25) is 5.91 Å². The molecule has 2 N–H and O–H groups in total. The molecule has 4 nitrogen and oxygen atoms in total. The molecule has 118 valence electrons. The number of fused-ring (bicyclic) bond motifs is 1. The highest BCUT2D eigenvalue weighted by Crippen LogP contribution is 2.25. The van der Waals surface area contributed by atoms with Gasteiger partial charge in [0.25, 0.3) is 0 Å². The summed E-state index contributed by atoms with van der Waals surface area (Å²) in [5.41, 5.74) is 4.95. The molecular formula is C18H19N3OS. The molecule has 3 aromatic rings. The molecule has 0 fully saturated rings. The number of nitrogens with one attached hydrogen (secondary N) is 2. The first kappa shape index (κ1) is 15.6. The maximum absolute atomic E-state index is 12.4. The van der Waals surface area contributed by atoms with E-state index < -0.39 is 0 Å². The molecule has 5 heteroatoms. The molecule has 0 saturated heterocycles. The van der Waals surface area contributed by atoms with E-state index >= 15 is 0 Å². The Morgan fingerprint density at radius 2 is 2.00 bits per heavy atom. The van der Waals surface area contributed by atoms with Gasteiger partial charge in [-0.05, 0) is 50.1 Å². The lowest BCUT2D eigenvalue weighted by Crippen LogP contribution is -2.23. The third-order valence-electron chi connectivity index (χ3n) is 3.68. The van der Waals surface area contributed by atoms with Gasteiger partial charge in [0.1, 0.15) is 0 Å². The smallest absolute Gasteiger partial charge is 0.237 e. The minimum atomic E-state index is -0.240. The van der Waals surface area contributed by atoms with Crippen molar-refractivity contribution in [2.24, 2.45) is 0 Å². The van der Waals surface area contributed by atoms with Crippen molar-refractivity contribution >= 4 is 34.4 Å². The van der Waals surface area contributed by atoms with E-state index in [4.69, 9.17) is 0 Å². The minimum Gasteiger partial charge on any atom is -0.333 e. The summed E-state index contributed by atoms with van der Waals surface area (Å²) in [6.07, 6.45) is 0. The summed E-state index contributed by atoms with van der Waals surface area (Å²) in [5, 5.41) is 3.52. The van der Waals surface area contributed by atoms with Gasteiger partial charge in [0.05, 0.1) is 16.3 Å². The Labute approximate surface area is 139 Å². The van der Waals surface area contributed by atoms with Gasteiger partial charge in [-0.2, -0.15) is 0 Å². The average Bonchev–Trinajstić information content (AvgIpc) is 2.93. The summed E-state index contributed by atoms with van der Waals surface area (Å²) in [6.45, 7) is 5.89. The number of aromatic amines is 1. The molecule has 1 amide bonds. The number of hydrogen-bond acceptors (Lipinski definition) is 3. The van der Waals surface area contributed by atoms with Crippen molar-refractivity contribution in [3.63, 3.8) is 0 Å². The maximum Gasteiger partial charge on any atom is 0.237 e. The number of anilines is 1. The topological polar surface area (TPSA) is 57.8 Å². The molecule has 2 aromatic carbocycles. The molecule has 1 heterocycles. The van der Waals surface area contributed by atoms with Crippen LogP contribution in [0.15, 0.2) is 47.6 Å². The second-order valence-corrected chi connectivity index (χ2v) is 6.96. The fraction of sp³-hybridized carbons (Fsp3) is 0.222. The van der Waals surface area contributed by atoms with Crippen LogP contribution in [0, 0.1) is 13.8 Å². The summed E-state index contributed by atoms with van der Waals surface area (Å²) in [6, 6.07) is 13.9. The third-order valence-corrected chi connectivity index (χ3v) is 4.66. The van der Waals surface area contributed by atoms with Crippen LogP contribution < -0.4 is 5.32 Å². The number of carbonyl (C=O) groups excluding carboxylic acids is 1. The second-order valence-electron chi connectivity index (χ2n) is 5.63. The van der Waals surface area contributed by atoms with Crippen LogP contribution in [0.3, 0.4) is 0 Å². The van der Waals surface area contributed by atoms with E-state index in [1.54, 1.807) is 0 Å². The second kappa shape index (κ2) is 6.46. The molecule has 0 bridgehead atoms. The van der Waals surface area contributed by atoms with E-state index in [2.05, 4.69) is 15.3 Å². The van der Waals surface area contributed by atoms with E-state index in [0.717, 1.165) is 33.0 Å². The summed E-state index contributed by atoms with van der Waals surface area (Å²) >= 11 is 1.43. The number of benzene rings is 2. The number of carbonyl (C=O) groups is 1. The molecule has 3 rings (SSSR count). The SMILES string of the molecule is Cc1ccc(C)c(NC(=O)C(C)Sc2nc3ccccc3[nH]2)c1. The first-order chi connectivity index (χ1) is 11.0. The molecule has 0 saturated carbocycles. The van der Waals surface area contributed by atoms with Gasteiger partial charge in [-0.1, -0.05) is 36.0 Å². The van der Waals surface area contributed by atoms with E-state index in [9.17, 15) is 4.79 Å². The number of nitrogens with zero attached hydrogens (tertiary/aromatic N) is 1. The zero-order valence-corrected chi connectivity index (χ0v) is 14.2. The van der Waals surface area contributed by atoms with E-state index in [1.165, 1.54) is 11.8 Å². The Morgan fingerprint density at radius 3 is 2.78 bits per heavy atom. The zero-order chi connectivity index (χ0) is 16.4. The van der Waals surface area contributed by atoms with Crippen LogP contribution in [0.1, 0.15) is 18.1 Å². The number of thioether (sulfide) groups is 1. The molecule has 0 aliphatic heterocycles.